The summed E-state index contributed by atoms with van der Waals surface area (Å²) >= 11 is 5.26. The molecule has 3 rings (SSSR count). The molecular formula is C24H24N2O5S. The molecule has 2 amide bonds. The number of carbonyl (C=O) groups excluding carboxylic acids is 2. The van der Waals surface area contributed by atoms with Crippen molar-refractivity contribution in [1.29, 1.82) is 0 Å². The zero-order chi connectivity index (χ0) is 23.3. The standard InChI is InChI=1S/C24H24N2O5S/c1-4-8-16-11-15(13-20(21(16)27)31-6-3)12-19-22(28)25-24(32)26(23(19)29)17-9-7-10-18(14-17)30-5-2/h4,7,9-14,27H,1,5-6,8H2,2-3H3,(H,25,28,32)/b19-12+. The Morgan fingerprint density at radius 1 is 1.16 bits per heavy atom. The number of allylic oxidation sites excluding steroid dienone is 1. The summed E-state index contributed by atoms with van der Waals surface area (Å²) in [6.07, 6.45) is 3.49. The zero-order valence-electron chi connectivity index (χ0n) is 17.9. The van der Waals surface area contributed by atoms with Crippen molar-refractivity contribution in [3.05, 3.63) is 65.8 Å². The molecule has 0 atom stereocenters. The molecule has 2 aromatic carbocycles. The lowest BCUT2D eigenvalue weighted by atomic mass is 10.0. The summed E-state index contributed by atoms with van der Waals surface area (Å²) in [5, 5.41) is 13.0. The maximum Gasteiger partial charge on any atom is 0.270 e. The largest absolute Gasteiger partial charge is 0.504 e. The van der Waals surface area contributed by atoms with E-state index in [9.17, 15) is 14.7 Å². The second kappa shape index (κ2) is 10.1. The van der Waals surface area contributed by atoms with Crippen LogP contribution >= 0.6 is 12.2 Å². The Balaban J connectivity index is 2.04. The van der Waals surface area contributed by atoms with E-state index in [1.807, 2.05) is 6.92 Å². The number of hydrogen-bond acceptors (Lipinski definition) is 6. The molecule has 1 heterocycles. The number of aromatic hydroxyl groups is 1. The predicted molar refractivity (Wildman–Crippen MR) is 127 cm³/mol. The fourth-order valence-electron chi connectivity index (χ4n) is 3.29. The van der Waals surface area contributed by atoms with E-state index in [-0.39, 0.29) is 22.2 Å². The highest BCUT2D eigenvalue weighted by atomic mass is 32.1. The molecule has 1 fully saturated rings. The summed E-state index contributed by atoms with van der Waals surface area (Å²) in [7, 11) is 0. The summed E-state index contributed by atoms with van der Waals surface area (Å²) in [5.41, 5.74) is 1.47. The number of nitrogens with zero attached hydrogens (tertiary/aromatic N) is 1. The Hall–Kier alpha value is -3.65. The Morgan fingerprint density at radius 3 is 2.59 bits per heavy atom. The van der Waals surface area contributed by atoms with Gasteiger partial charge in [0.15, 0.2) is 16.6 Å². The van der Waals surface area contributed by atoms with Gasteiger partial charge in [-0.05, 0) is 68.4 Å². The van der Waals surface area contributed by atoms with Gasteiger partial charge in [-0.3, -0.25) is 19.8 Å². The minimum atomic E-state index is -0.603. The molecule has 1 aliphatic rings. The van der Waals surface area contributed by atoms with Crippen molar-refractivity contribution in [1.82, 2.24) is 5.32 Å². The van der Waals surface area contributed by atoms with Crippen molar-refractivity contribution in [3.8, 4) is 17.2 Å². The van der Waals surface area contributed by atoms with Crippen LogP contribution in [0, 0.1) is 0 Å². The maximum absolute atomic E-state index is 13.3. The van der Waals surface area contributed by atoms with E-state index >= 15 is 0 Å². The van der Waals surface area contributed by atoms with Crippen molar-refractivity contribution >= 4 is 40.9 Å². The van der Waals surface area contributed by atoms with E-state index < -0.39 is 11.8 Å². The first-order chi connectivity index (χ1) is 15.4. The van der Waals surface area contributed by atoms with Crippen LogP contribution in [-0.4, -0.2) is 35.2 Å². The van der Waals surface area contributed by atoms with Gasteiger partial charge in [0, 0.05) is 11.6 Å². The molecule has 166 valence electrons. The number of benzene rings is 2. The van der Waals surface area contributed by atoms with Crippen LogP contribution in [0.1, 0.15) is 25.0 Å². The van der Waals surface area contributed by atoms with Gasteiger partial charge in [-0.1, -0.05) is 12.1 Å². The van der Waals surface area contributed by atoms with Crippen LogP contribution in [0.2, 0.25) is 0 Å². The summed E-state index contributed by atoms with van der Waals surface area (Å²) in [6.45, 7) is 8.17. The van der Waals surface area contributed by atoms with Crippen LogP contribution in [0.4, 0.5) is 5.69 Å². The molecule has 0 saturated carbocycles. The van der Waals surface area contributed by atoms with Crippen LogP contribution in [0.25, 0.3) is 6.08 Å². The summed E-state index contributed by atoms with van der Waals surface area (Å²) in [5.74, 6) is -0.322. The SMILES string of the molecule is C=CCc1cc(/C=C2\C(=O)NC(=S)N(c3cccc(OCC)c3)C2=O)cc(OCC)c1O. The van der Waals surface area contributed by atoms with Gasteiger partial charge in [-0.2, -0.15) is 0 Å². The van der Waals surface area contributed by atoms with Crippen LogP contribution in [0.15, 0.2) is 54.6 Å². The average molecular weight is 453 g/mol. The molecule has 0 aromatic heterocycles. The van der Waals surface area contributed by atoms with Crippen LogP contribution < -0.4 is 19.7 Å². The van der Waals surface area contributed by atoms with E-state index in [0.29, 0.717) is 42.2 Å². The topological polar surface area (TPSA) is 88.1 Å². The second-order valence-electron chi connectivity index (χ2n) is 6.84. The van der Waals surface area contributed by atoms with E-state index in [1.165, 1.54) is 11.0 Å². The third kappa shape index (κ3) is 4.81. The molecule has 7 nitrogen and oxygen atoms in total. The van der Waals surface area contributed by atoms with E-state index in [0.717, 1.165) is 0 Å². The van der Waals surface area contributed by atoms with Gasteiger partial charge in [0.05, 0.1) is 18.9 Å². The fraction of sp³-hybridized carbons (Fsp3) is 0.208. The average Bonchev–Trinajstić information content (AvgIpc) is 2.75. The number of anilines is 1. The molecule has 0 unspecified atom stereocenters. The first-order valence-corrected chi connectivity index (χ1v) is 10.5. The highest BCUT2D eigenvalue weighted by molar-refractivity contribution is 7.80. The van der Waals surface area contributed by atoms with Gasteiger partial charge in [-0.25, -0.2) is 0 Å². The number of carbonyl (C=O) groups is 2. The Bertz CT molecular complexity index is 1110. The van der Waals surface area contributed by atoms with Crippen molar-refractivity contribution in [2.45, 2.75) is 20.3 Å². The molecule has 0 spiro atoms. The fourth-order valence-corrected chi connectivity index (χ4v) is 3.57. The number of rotatable bonds is 8. The first kappa shape index (κ1) is 23.0. The number of hydrogen-bond donors (Lipinski definition) is 2. The van der Waals surface area contributed by atoms with Crippen LogP contribution in [0.5, 0.6) is 17.2 Å². The van der Waals surface area contributed by atoms with Crippen molar-refractivity contribution in [3.63, 3.8) is 0 Å². The molecule has 0 bridgehead atoms. The summed E-state index contributed by atoms with van der Waals surface area (Å²) < 4.78 is 11.0. The lowest BCUT2D eigenvalue weighted by molar-refractivity contribution is -0.122. The quantitative estimate of drug-likeness (QED) is 0.275. The molecule has 8 heteroatoms. The molecular weight excluding hydrogens is 428 g/mol. The minimum Gasteiger partial charge on any atom is -0.504 e. The van der Waals surface area contributed by atoms with Crippen molar-refractivity contribution in [2.24, 2.45) is 0 Å². The van der Waals surface area contributed by atoms with Crippen LogP contribution in [0.3, 0.4) is 0 Å². The number of thiocarbonyl (C=S) groups is 1. The molecule has 1 aliphatic heterocycles. The smallest absolute Gasteiger partial charge is 0.270 e. The first-order valence-electron chi connectivity index (χ1n) is 10.1. The Labute approximate surface area is 191 Å². The number of amides is 2. The van der Waals surface area contributed by atoms with Gasteiger partial charge >= 0.3 is 0 Å². The Kier molecular flexibility index (Phi) is 7.27. The molecule has 1 saturated heterocycles. The zero-order valence-corrected chi connectivity index (χ0v) is 18.7. The molecule has 32 heavy (non-hydrogen) atoms. The second-order valence-corrected chi connectivity index (χ2v) is 7.23. The third-order valence-corrected chi connectivity index (χ3v) is 4.92. The lowest BCUT2D eigenvalue weighted by Gasteiger charge is -2.29. The van der Waals surface area contributed by atoms with Gasteiger partial charge < -0.3 is 14.6 Å². The van der Waals surface area contributed by atoms with E-state index in [4.69, 9.17) is 21.7 Å². The highest BCUT2D eigenvalue weighted by Crippen LogP contribution is 2.34. The predicted octanol–water partition coefficient (Wildman–Crippen LogP) is 3.75. The third-order valence-electron chi connectivity index (χ3n) is 4.64. The number of nitrogens with one attached hydrogen (secondary N) is 1. The molecule has 0 radical (unpaired) electrons. The van der Waals surface area contributed by atoms with Gasteiger partial charge in [0.1, 0.15) is 11.3 Å². The number of phenols is 1. The molecule has 2 aromatic rings. The highest BCUT2D eigenvalue weighted by Gasteiger charge is 2.34. The lowest BCUT2D eigenvalue weighted by Crippen LogP contribution is -2.54. The van der Waals surface area contributed by atoms with Gasteiger partial charge in [0.2, 0.25) is 0 Å². The molecule has 0 aliphatic carbocycles. The van der Waals surface area contributed by atoms with E-state index in [2.05, 4.69) is 11.9 Å². The summed E-state index contributed by atoms with van der Waals surface area (Å²) in [6, 6.07) is 10.2. The minimum absolute atomic E-state index is 0.00358. The van der Waals surface area contributed by atoms with E-state index in [1.54, 1.807) is 49.4 Å². The van der Waals surface area contributed by atoms with Gasteiger partial charge in [0.25, 0.3) is 11.8 Å². The number of phenolic OH excluding ortho intramolecular Hbond substituents is 1. The maximum atomic E-state index is 13.3. The van der Waals surface area contributed by atoms with Crippen LogP contribution in [-0.2, 0) is 16.0 Å². The molecule has 2 N–H and O–H groups in total. The van der Waals surface area contributed by atoms with Gasteiger partial charge in [-0.15, -0.1) is 6.58 Å². The summed E-state index contributed by atoms with van der Waals surface area (Å²) in [4.78, 5) is 27.1. The number of ether oxygens (including phenoxy) is 2. The Morgan fingerprint density at radius 2 is 1.91 bits per heavy atom. The van der Waals surface area contributed by atoms with Crippen molar-refractivity contribution in [2.75, 3.05) is 18.1 Å². The monoisotopic (exact) mass is 452 g/mol. The van der Waals surface area contributed by atoms with Crippen molar-refractivity contribution < 1.29 is 24.2 Å². The normalized spacial score (nSPS) is 15.0.